The average Bonchev–Trinajstić information content (AvgIpc) is 3.37. The number of amides is 1. The van der Waals surface area contributed by atoms with Crippen molar-refractivity contribution in [3.8, 4) is 0 Å². The zero-order chi connectivity index (χ0) is 21.4. The maximum Gasteiger partial charge on any atom is 0.256 e. The molecular formula is C22H24F2N6O. The molecule has 2 aliphatic heterocycles. The summed E-state index contributed by atoms with van der Waals surface area (Å²) in [5.74, 6) is -0.0211. The van der Waals surface area contributed by atoms with Crippen LogP contribution >= 0.6 is 0 Å². The fourth-order valence-corrected chi connectivity index (χ4v) is 4.48. The van der Waals surface area contributed by atoms with Crippen molar-refractivity contribution in [2.24, 2.45) is 0 Å². The van der Waals surface area contributed by atoms with Gasteiger partial charge in [0.2, 0.25) is 0 Å². The molecule has 9 heteroatoms. The van der Waals surface area contributed by atoms with Gasteiger partial charge in [-0.1, -0.05) is 12.1 Å². The first-order chi connectivity index (χ1) is 15.1. The molecule has 5 rings (SSSR count). The van der Waals surface area contributed by atoms with Crippen LogP contribution < -0.4 is 15.5 Å². The fraction of sp³-hybridized carbons (Fsp3) is 0.409. The van der Waals surface area contributed by atoms with Crippen LogP contribution in [0.4, 0.5) is 14.6 Å². The maximum atomic E-state index is 14.4. The molecule has 1 amide bonds. The highest BCUT2D eigenvalue weighted by atomic mass is 19.1. The van der Waals surface area contributed by atoms with Gasteiger partial charge in [0.05, 0.1) is 18.8 Å². The Hall–Kier alpha value is -3.07. The number of anilines is 1. The van der Waals surface area contributed by atoms with E-state index in [0.717, 1.165) is 25.9 Å². The van der Waals surface area contributed by atoms with Crippen LogP contribution in [-0.4, -0.2) is 52.4 Å². The van der Waals surface area contributed by atoms with Gasteiger partial charge in [-0.15, -0.1) is 0 Å². The number of piperidine rings is 1. The van der Waals surface area contributed by atoms with Gasteiger partial charge in [-0.3, -0.25) is 4.79 Å². The molecule has 3 aromatic rings. The third kappa shape index (κ3) is 3.97. The lowest BCUT2D eigenvalue weighted by molar-refractivity contribution is 0.0931. The predicted molar refractivity (Wildman–Crippen MR) is 112 cm³/mol. The molecule has 162 valence electrons. The summed E-state index contributed by atoms with van der Waals surface area (Å²) < 4.78 is 29.7. The van der Waals surface area contributed by atoms with E-state index in [1.54, 1.807) is 28.9 Å². The molecule has 0 saturated carbocycles. The number of carbonyl (C=O) groups is 1. The summed E-state index contributed by atoms with van der Waals surface area (Å²) in [7, 11) is 0. The molecule has 2 saturated heterocycles. The number of aromatic nitrogens is 3. The summed E-state index contributed by atoms with van der Waals surface area (Å²) in [4.78, 5) is 19.3. The molecule has 1 aromatic carbocycles. The van der Waals surface area contributed by atoms with Crippen molar-refractivity contribution in [2.75, 3.05) is 24.5 Å². The standard InChI is InChI=1S/C22H24F2N6O/c23-15-3-1-2-14(10-15)19-11-16(24)13-29(19)20-6-9-30-21(28-20)18(12-26-30)22(31)27-17-4-7-25-8-5-17/h1-3,6,9-10,12,16-17,19,25H,4-5,7-8,11,13H2,(H,27,31)/t16-,19+/m0/s1. The van der Waals surface area contributed by atoms with E-state index in [0.29, 0.717) is 22.6 Å². The molecule has 2 aliphatic rings. The van der Waals surface area contributed by atoms with E-state index >= 15 is 0 Å². The third-order valence-corrected chi connectivity index (χ3v) is 6.05. The van der Waals surface area contributed by atoms with Crippen molar-refractivity contribution in [2.45, 2.75) is 37.5 Å². The van der Waals surface area contributed by atoms with E-state index in [-0.39, 0.29) is 36.8 Å². The highest BCUT2D eigenvalue weighted by Crippen LogP contribution is 2.37. The lowest BCUT2D eigenvalue weighted by atomic mass is 10.0. The summed E-state index contributed by atoms with van der Waals surface area (Å²) in [6, 6.07) is 7.79. The second kappa shape index (κ2) is 8.22. The fourth-order valence-electron chi connectivity index (χ4n) is 4.48. The summed E-state index contributed by atoms with van der Waals surface area (Å²) in [6.45, 7) is 1.92. The molecule has 2 N–H and O–H groups in total. The van der Waals surface area contributed by atoms with Gasteiger partial charge >= 0.3 is 0 Å². The molecule has 4 heterocycles. The number of nitrogens with one attached hydrogen (secondary N) is 2. The van der Waals surface area contributed by atoms with E-state index in [9.17, 15) is 13.6 Å². The summed E-state index contributed by atoms with van der Waals surface area (Å²) >= 11 is 0. The minimum atomic E-state index is -1.04. The van der Waals surface area contributed by atoms with Crippen LogP contribution in [0.5, 0.6) is 0 Å². The average molecular weight is 426 g/mol. The van der Waals surface area contributed by atoms with Crippen LogP contribution in [0, 0.1) is 5.82 Å². The number of carbonyl (C=O) groups excluding carboxylic acids is 1. The van der Waals surface area contributed by atoms with Crippen LogP contribution in [0.25, 0.3) is 5.65 Å². The van der Waals surface area contributed by atoms with E-state index in [2.05, 4.69) is 20.7 Å². The number of fused-ring (bicyclic) bond motifs is 1. The minimum absolute atomic E-state index is 0.120. The second-order valence-electron chi connectivity index (χ2n) is 8.17. The molecule has 2 fully saturated rings. The van der Waals surface area contributed by atoms with Gasteiger partial charge in [0.25, 0.3) is 5.91 Å². The number of hydrogen-bond donors (Lipinski definition) is 2. The lowest BCUT2D eigenvalue weighted by Gasteiger charge is -2.26. The highest BCUT2D eigenvalue weighted by molar-refractivity contribution is 5.99. The van der Waals surface area contributed by atoms with Gasteiger partial charge in [-0.05, 0) is 49.7 Å². The smallest absolute Gasteiger partial charge is 0.256 e. The molecular weight excluding hydrogens is 402 g/mol. The normalized spacial score (nSPS) is 22.2. The van der Waals surface area contributed by atoms with Crippen LogP contribution in [0.3, 0.4) is 0 Å². The van der Waals surface area contributed by atoms with Gasteiger partial charge in [0.15, 0.2) is 5.65 Å². The Labute approximate surface area is 178 Å². The molecule has 0 radical (unpaired) electrons. The number of rotatable bonds is 4. The summed E-state index contributed by atoms with van der Waals surface area (Å²) in [6.07, 6.45) is 4.20. The number of nitrogens with zero attached hydrogens (tertiary/aromatic N) is 4. The Morgan fingerprint density at radius 2 is 2.06 bits per heavy atom. The number of alkyl halides is 1. The van der Waals surface area contributed by atoms with Crippen molar-refractivity contribution < 1.29 is 13.6 Å². The molecule has 0 aliphatic carbocycles. The Kier molecular flexibility index (Phi) is 5.27. The topological polar surface area (TPSA) is 74.6 Å². The molecule has 0 spiro atoms. The molecule has 0 bridgehead atoms. The van der Waals surface area contributed by atoms with Crippen molar-refractivity contribution in [3.05, 3.63) is 59.7 Å². The van der Waals surface area contributed by atoms with E-state index < -0.39 is 6.17 Å². The largest absolute Gasteiger partial charge is 0.349 e. The van der Waals surface area contributed by atoms with Gasteiger partial charge < -0.3 is 15.5 Å². The first kappa shape index (κ1) is 19.9. The number of halogens is 2. The van der Waals surface area contributed by atoms with E-state index in [1.165, 1.54) is 18.3 Å². The van der Waals surface area contributed by atoms with Crippen molar-refractivity contribution in [3.63, 3.8) is 0 Å². The predicted octanol–water partition coefficient (Wildman–Crippen LogP) is 2.64. The van der Waals surface area contributed by atoms with Gasteiger partial charge in [-0.2, -0.15) is 5.10 Å². The van der Waals surface area contributed by atoms with Gasteiger partial charge in [0, 0.05) is 18.7 Å². The van der Waals surface area contributed by atoms with Gasteiger partial charge in [-0.25, -0.2) is 18.3 Å². The lowest BCUT2D eigenvalue weighted by Crippen LogP contribution is -2.42. The van der Waals surface area contributed by atoms with Crippen LogP contribution in [0.2, 0.25) is 0 Å². The molecule has 0 unspecified atom stereocenters. The van der Waals surface area contributed by atoms with Crippen molar-refractivity contribution in [1.29, 1.82) is 0 Å². The maximum absolute atomic E-state index is 14.4. The zero-order valence-corrected chi connectivity index (χ0v) is 17.0. The second-order valence-corrected chi connectivity index (χ2v) is 8.17. The van der Waals surface area contributed by atoms with Crippen LogP contribution in [-0.2, 0) is 0 Å². The van der Waals surface area contributed by atoms with Gasteiger partial charge in [0.1, 0.15) is 23.4 Å². The van der Waals surface area contributed by atoms with Crippen LogP contribution in [0.1, 0.15) is 41.2 Å². The van der Waals surface area contributed by atoms with E-state index in [4.69, 9.17) is 0 Å². The quantitative estimate of drug-likeness (QED) is 0.671. The van der Waals surface area contributed by atoms with Crippen LogP contribution in [0.15, 0.2) is 42.7 Å². The summed E-state index contributed by atoms with van der Waals surface area (Å²) in [5, 5.41) is 10.6. The summed E-state index contributed by atoms with van der Waals surface area (Å²) in [5.41, 5.74) is 1.52. The third-order valence-electron chi connectivity index (χ3n) is 6.05. The van der Waals surface area contributed by atoms with Crippen molar-refractivity contribution in [1.82, 2.24) is 25.2 Å². The first-order valence-electron chi connectivity index (χ1n) is 10.6. The number of benzene rings is 1. The Bertz CT molecular complexity index is 1100. The number of hydrogen-bond acceptors (Lipinski definition) is 5. The monoisotopic (exact) mass is 426 g/mol. The highest BCUT2D eigenvalue weighted by Gasteiger charge is 2.34. The Balaban J connectivity index is 1.44. The zero-order valence-electron chi connectivity index (χ0n) is 17.0. The Morgan fingerprint density at radius 3 is 2.87 bits per heavy atom. The molecule has 31 heavy (non-hydrogen) atoms. The minimum Gasteiger partial charge on any atom is -0.349 e. The first-order valence-corrected chi connectivity index (χ1v) is 10.6. The van der Waals surface area contributed by atoms with E-state index in [1.807, 2.05) is 4.90 Å². The molecule has 2 aromatic heterocycles. The Morgan fingerprint density at radius 1 is 1.23 bits per heavy atom. The SMILES string of the molecule is O=C(NC1CCNCC1)c1cnn2ccc(N3C[C@@H](F)C[C@@H]3c3cccc(F)c3)nc12. The molecule has 2 atom stereocenters. The molecule has 7 nitrogen and oxygen atoms in total. The van der Waals surface area contributed by atoms with Crippen molar-refractivity contribution >= 4 is 17.4 Å².